The Bertz CT molecular complexity index is 696. The molecule has 0 amide bonds. The Morgan fingerprint density at radius 2 is 1.78 bits per heavy atom. The molecule has 92 valence electrons. The van der Waals surface area contributed by atoms with Crippen LogP contribution in [0.1, 0.15) is 24.0 Å². The Balaban J connectivity index is 2.51. The van der Waals surface area contributed by atoms with Crippen LogP contribution in [0.5, 0.6) is 0 Å². The van der Waals surface area contributed by atoms with Gasteiger partial charge in [-0.3, -0.25) is 4.79 Å². The SMILES string of the molecule is Cc1c2ccoc2c(C(C)C(=O)O)c2ccoc12. The Morgan fingerprint density at radius 3 is 2.44 bits per heavy atom. The fraction of sp³-hybridized carbons (Fsp3) is 0.214. The van der Waals surface area contributed by atoms with Gasteiger partial charge in [0.25, 0.3) is 0 Å². The number of hydrogen-bond donors (Lipinski definition) is 1. The van der Waals surface area contributed by atoms with Gasteiger partial charge in [0, 0.05) is 21.9 Å². The van der Waals surface area contributed by atoms with Gasteiger partial charge in [-0.15, -0.1) is 0 Å². The van der Waals surface area contributed by atoms with Crippen LogP contribution in [0, 0.1) is 6.92 Å². The lowest BCUT2D eigenvalue weighted by molar-refractivity contribution is -0.138. The van der Waals surface area contributed by atoms with Gasteiger partial charge in [0.2, 0.25) is 0 Å². The minimum atomic E-state index is -0.876. The highest BCUT2D eigenvalue weighted by molar-refractivity contribution is 6.03. The number of carbonyl (C=O) groups is 1. The van der Waals surface area contributed by atoms with E-state index in [2.05, 4.69) is 0 Å². The number of aryl methyl sites for hydroxylation is 1. The van der Waals surface area contributed by atoms with E-state index in [0.29, 0.717) is 11.1 Å². The first-order chi connectivity index (χ1) is 8.61. The summed E-state index contributed by atoms with van der Waals surface area (Å²) in [6.45, 7) is 3.60. The first-order valence-corrected chi connectivity index (χ1v) is 5.71. The second-order valence-electron chi connectivity index (χ2n) is 4.43. The fourth-order valence-electron chi connectivity index (χ4n) is 2.42. The topological polar surface area (TPSA) is 63.6 Å². The molecule has 0 bridgehead atoms. The van der Waals surface area contributed by atoms with Gasteiger partial charge in [-0.2, -0.15) is 0 Å². The van der Waals surface area contributed by atoms with Crippen LogP contribution in [0.15, 0.2) is 33.5 Å². The smallest absolute Gasteiger partial charge is 0.310 e. The quantitative estimate of drug-likeness (QED) is 0.746. The molecule has 2 aromatic heterocycles. The van der Waals surface area contributed by atoms with Crippen molar-refractivity contribution in [2.24, 2.45) is 0 Å². The number of hydrogen-bond acceptors (Lipinski definition) is 3. The molecule has 0 spiro atoms. The molecule has 4 nitrogen and oxygen atoms in total. The maximum absolute atomic E-state index is 11.2. The lowest BCUT2D eigenvalue weighted by Crippen LogP contribution is -2.08. The van der Waals surface area contributed by atoms with Crippen LogP contribution in [-0.4, -0.2) is 11.1 Å². The highest BCUT2D eigenvalue weighted by atomic mass is 16.4. The Hall–Kier alpha value is -2.23. The van der Waals surface area contributed by atoms with Crippen molar-refractivity contribution in [2.45, 2.75) is 19.8 Å². The Labute approximate surface area is 103 Å². The summed E-state index contributed by atoms with van der Waals surface area (Å²) in [4.78, 5) is 11.2. The molecule has 1 unspecified atom stereocenters. The molecule has 0 saturated carbocycles. The van der Waals surface area contributed by atoms with E-state index in [1.807, 2.05) is 13.0 Å². The summed E-state index contributed by atoms with van der Waals surface area (Å²) in [6.07, 6.45) is 3.16. The molecular weight excluding hydrogens is 232 g/mol. The molecule has 0 fully saturated rings. The van der Waals surface area contributed by atoms with Crippen LogP contribution in [-0.2, 0) is 4.79 Å². The summed E-state index contributed by atoms with van der Waals surface area (Å²) >= 11 is 0. The van der Waals surface area contributed by atoms with Crippen LogP contribution in [0.3, 0.4) is 0 Å². The normalized spacial score (nSPS) is 13.2. The van der Waals surface area contributed by atoms with Crippen LogP contribution < -0.4 is 0 Å². The van der Waals surface area contributed by atoms with E-state index in [-0.39, 0.29) is 0 Å². The maximum atomic E-state index is 11.2. The summed E-state index contributed by atoms with van der Waals surface area (Å²) in [5.74, 6) is -1.52. The maximum Gasteiger partial charge on any atom is 0.310 e. The molecule has 0 aliphatic carbocycles. The van der Waals surface area contributed by atoms with Crippen molar-refractivity contribution in [3.63, 3.8) is 0 Å². The summed E-state index contributed by atoms with van der Waals surface area (Å²) in [5.41, 5.74) is 3.01. The summed E-state index contributed by atoms with van der Waals surface area (Å²) < 4.78 is 10.9. The summed E-state index contributed by atoms with van der Waals surface area (Å²) in [7, 11) is 0. The minimum Gasteiger partial charge on any atom is -0.481 e. The van der Waals surface area contributed by atoms with Crippen molar-refractivity contribution >= 4 is 27.9 Å². The fourth-order valence-corrected chi connectivity index (χ4v) is 2.42. The summed E-state index contributed by atoms with van der Waals surface area (Å²) in [5, 5.41) is 10.9. The van der Waals surface area contributed by atoms with Crippen LogP contribution in [0.25, 0.3) is 21.9 Å². The van der Waals surface area contributed by atoms with Gasteiger partial charge in [0.15, 0.2) is 0 Å². The molecule has 1 atom stereocenters. The molecule has 1 aromatic carbocycles. The van der Waals surface area contributed by atoms with Crippen LogP contribution in [0.4, 0.5) is 0 Å². The number of aliphatic carboxylic acids is 1. The number of rotatable bonds is 2. The van der Waals surface area contributed by atoms with E-state index in [4.69, 9.17) is 8.83 Å². The predicted octanol–water partition coefficient (Wildman–Crippen LogP) is 3.68. The number of carboxylic acid groups (broad SMARTS) is 1. The third kappa shape index (κ3) is 1.29. The number of carboxylic acids is 1. The minimum absolute atomic E-state index is 0.635. The van der Waals surface area contributed by atoms with Gasteiger partial charge in [0.1, 0.15) is 11.2 Å². The largest absolute Gasteiger partial charge is 0.481 e. The van der Waals surface area contributed by atoms with Gasteiger partial charge in [0.05, 0.1) is 18.4 Å². The van der Waals surface area contributed by atoms with E-state index >= 15 is 0 Å². The molecule has 0 saturated heterocycles. The van der Waals surface area contributed by atoms with Gasteiger partial charge >= 0.3 is 5.97 Å². The number of benzene rings is 1. The second-order valence-corrected chi connectivity index (χ2v) is 4.43. The molecule has 0 radical (unpaired) electrons. The summed E-state index contributed by atoms with van der Waals surface area (Å²) in [6, 6.07) is 3.63. The third-order valence-electron chi connectivity index (χ3n) is 3.41. The Kier molecular flexibility index (Phi) is 2.20. The highest BCUT2D eigenvalue weighted by Gasteiger charge is 2.24. The molecule has 3 aromatic rings. The average molecular weight is 244 g/mol. The van der Waals surface area contributed by atoms with Crippen molar-refractivity contribution in [3.8, 4) is 0 Å². The van der Waals surface area contributed by atoms with E-state index < -0.39 is 11.9 Å². The first-order valence-electron chi connectivity index (χ1n) is 5.71. The molecule has 18 heavy (non-hydrogen) atoms. The third-order valence-corrected chi connectivity index (χ3v) is 3.41. The van der Waals surface area contributed by atoms with E-state index in [1.165, 1.54) is 0 Å². The van der Waals surface area contributed by atoms with Crippen molar-refractivity contribution < 1.29 is 18.7 Å². The monoisotopic (exact) mass is 244 g/mol. The molecule has 4 heteroatoms. The molecular formula is C14H12O4. The van der Waals surface area contributed by atoms with Crippen LogP contribution >= 0.6 is 0 Å². The van der Waals surface area contributed by atoms with Crippen molar-refractivity contribution in [2.75, 3.05) is 0 Å². The molecule has 1 N–H and O–H groups in total. The van der Waals surface area contributed by atoms with Gasteiger partial charge in [-0.05, 0) is 26.0 Å². The standard InChI is InChI=1S/C14H12O4/c1-7-9-3-5-18-13(9)11(8(2)14(15)16)10-4-6-17-12(7)10/h3-6,8H,1-2H3,(H,15,16). The van der Waals surface area contributed by atoms with Crippen molar-refractivity contribution in [3.05, 3.63) is 35.8 Å². The molecule has 0 aliphatic heterocycles. The van der Waals surface area contributed by atoms with E-state index in [9.17, 15) is 9.90 Å². The van der Waals surface area contributed by atoms with E-state index in [1.54, 1.807) is 25.5 Å². The van der Waals surface area contributed by atoms with E-state index in [0.717, 1.165) is 21.9 Å². The lowest BCUT2D eigenvalue weighted by atomic mass is 9.93. The zero-order chi connectivity index (χ0) is 12.9. The zero-order valence-electron chi connectivity index (χ0n) is 10.1. The van der Waals surface area contributed by atoms with Crippen molar-refractivity contribution in [1.29, 1.82) is 0 Å². The first kappa shape index (κ1) is 10.9. The zero-order valence-corrected chi connectivity index (χ0v) is 10.1. The molecule has 2 heterocycles. The number of furan rings is 2. The average Bonchev–Trinajstić information content (AvgIpc) is 2.96. The molecule has 3 rings (SSSR count). The Morgan fingerprint density at radius 1 is 1.17 bits per heavy atom. The van der Waals surface area contributed by atoms with Crippen molar-refractivity contribution in [1.82, 2.24) is 0 Å². The lowest BCUT2D eigenvalue weighted by Gasteiger charge is -2.10. The predicted molar refractivity (Wildman–Crippen MR) is 66.8 cm³/mol. The van der Waals surface area contributed by atoms with Gasteiger partial charge in [-0.1, -0.05) is 0 Å². The molecule has 0 aliphatic rings. The highest BCUT2D eigenvalue weighted by Crippen LogP contribution is 2.37. The van der Waals surface area contributed by atoms with Gasteiger partial charge in [-0.25, -0.2) is 0 Å². The second kappa shape index (κ2) is 3.63. The number of fused-ring (bicyclic) bond motifs is 2. The van der Waals surface area contributed by atoms with Crippen LogP contribution in [0.2, 0.25) is 0 Å². The van der Waals surface area contributed by atoms with Gasteiger partial charge < -0.3 is 13.9 Å².